The molecule has 114 valence electrons. The highest BCUT2D eigenvalue weighted by molar-refractivity contribution is 8.02. The first kappa shape index (κ1) is 16.4. The Kier molecular flexibility index (Phi) is 5.11. The van der Waals surface area contributed by atoms with Crippen LogP contribution in [0.1, 0.15) is 11.5 Å². The van der Waals surface area contributed by atoms with E-state index in [4.69, 9.17) is 16.3 Å². The van der Waals surface area contributed by atoms with E-state index >= 15 is 0 Å². The fourth-order valence-electron chi connectivity index (χ4n) is 2.40. The third kappa shape index (κ3) is 2.96. The number of carbonyl (C=O) groups is 2. The van der Waals surface area contributed by atoms with Gasteiger partial charge < -0.3 is 10.1 Å². The molecule has 1 heterocycles. The van der Waals surface area contributed by atoms with E-state index in [1.807, 2.05) is 0 Å². The van der Waals surface area contributed by atoms with E-state index in [1.54, 1.807) is 30.5 Å². The minimum atomic E-state index is -1.10. The van der Waals surface area contributed by atoms with Crippen LogP contribution in [0.3, 0.4) is 0 Å². The third-order valence-corrected chi connectivity index (χ3v) is 4.40. The summed E-state index contributed by atoms with van der Waals surface area (Å²) < 4.78 is 4.73. The van der Waals surface area contributed by atoms with E-state index < -0.39 is 23.7 Å². The van der Waals surface area contributed by atoms with Crippen LogP contribution in [0.5, 0.6) is 0 Å². The Morgan fingerprint density at radius 2 is 2.05 bits per heavy atom. The summed E-state index contributed by atoms with van der Waals surface area (Å²) in [5.41, 5.74) is 1.00. The average Bonchev–Trinajstić information content (AvgIpc) is 2.53. The van der Waals surface area contributed by atoms with Crippen LogP contribution in [0.15, 0.2) is 34.9 Å². The molecule has 1 aliphatic rings. The zero-order valence-electron chi connectivity index (χ0n) is 11.9. The maximum Gasteiger partial charge on any atom is 0.319 e. The second-order valence-electron chi connectivity index (χ2n) is 4.58. The predicted octanol–water partition coefficient (Wildman–Crippen LogP) is 2.44. The number of nitrogens with zero attached hydrogens (tertiary/aromatic N) is 1. The Balaban J connectivity index is 2.62. The van der Waals surface area contributed by atoms with Crippen molar-refractivity contribution in [2.75, 3.05) is 13.4 Å². The van der Waals surface area contributed by atoms with Crippen LogP contribution in [0.25, 0.3) is 0 Å². The first-order valence-corrected chi connectivity index (χ1v) is 7.96. The van der Waals surface area contributed by atoms with Crippen molar-refractivity contribution in [3.63, 3.8) is 0 Å². The number of hydrogen-bond donors (Lipinski definition) is 1. The second kappa shape index (κ2) is 6.86. The van der Waals surface area contributed by atoms with Gasteiger partial charge in [-0.3, -0.25) is 9.59 Å². The third-order valence-electron chi connectivity index (χ3n) is 3.42. The Labute approximate surface area is 137 Å². The molecular weight excluding hydrogens is 324 g/mol. The molecule has 0 saturated carbocycles. The van der Waals surface area contributed by atoms with Crippen molar-refractivity contribution in [2.45, 2.75) is 5.92 Å². The molecule has 22 heavy (non-hydrogen) atoms. The van der Waals surface area contributed by atoms with Gasteiger partial charge in [0.05, 0.1) is 23.8 Å². The molecule has 2 unspecified atom stereocenters. The highest BCUT2D eigenvalue weighted by Gasteiger charge is 2.44. The molecule has 2 rings (SSSR count). The highest BCUT2D eigenvalue weighted by Crippen LogP contribution is 2.39. The number of nitrogens with one attached hydrogen (secondary N) is 1. The van der Waals surface area contributed by atoms with Crippen LogP contribution >= 0.6 is 23.4 Å². The van der Waals surface area contributed by atoms with E-state index in [2.05, 4.69) is 11.4 Å². The molecule has 0 saturated heterocycles. The van der Waals surface area contributed by atoms with E-state index in [-0.39, 0.29) is 0 Å². The lowest BCUT2D eigenvalue weighted by Crippen LogP contribution is -2.44. The van der Waals surface area contributed by atoms with Gasteiger partial charge in [-0.1, -0.05) is 23.7 Å². The molecule has 1 N–H and O–H groups in total. The minimum absolute atomic E-state index is 0.338. The van der Waals surface area contributed by atoms with Crippen molar-refractivity contribution in [1.82, 2.24) is 5.32 Å². The molecular formula is C15H13ClN2O3S. The van der Waals surface area contributed by atoms with Gasteiger partial charge in [-0.25, -0.2) is 0 Å². The van der Waals surface area contributed by atoms with Gasteiger partial charge in [-0.2, -0.15) is 5.26 Å². The van der Waals surface area contributed by atoms with Crippen LogP contribution in [0, 0.1) is 17.2 Å². The number of benzene rings is 1. The number of amides is 1. The number of methoxy groups -OCH3 is 1. The lowest BCUT2D eigenvalue weighted by atomic mass is 9.78. The first-order valence-electron chi connectivity index (χ1n) is 6.35. The zero-order valence-corrected chi connectivity index (χ0v) is 13.5. The number of thioether (sulfide) groups is 1. The topological polar surface area (TPSA) is 79.2 Å². The highest BCUT2D eigenvalue weighted by atomic mass is 35.5. The molecule has 0 aromatic heterocycles. The van der Waals surface area contributed by atoms with E-state index in [1.165, 1.54) is 18.9 Å². The van der Waals surface area contributed by atoms with Crippen molar-refractivity contribution >= 4 is 35.2 Å². The zero-order chi connectivity index (χ0) is 16.3. The van der Waals surface area contributed by atoms with Crippen LogP contribution in [0.2, 0.25) is 5.02 Å². The van der Waals surface area contributed by atoms with Crippen molar-refractivity contribution in [1.29, 1.82) is 5.26 Å². The number of carbonyl (C=O) groups excluding carboxylic acids is 2. The summed E-state index contributed by atoms with van der Waals surface area (Å²) in [6.07, 6.45) is 1.75. The molecule has 5 nitrogen and oxygen atoms in total. The van der Waals surface area contributed by atoms with Crippen molar-refractivity contribution in [3.05, 3.63) is 45.5 Å². The maximum absolute atomic E-state index is 12.3. The Bertz CT molecular complexity index is 679. The smallest absolute Gasteiger partial charge is 0.319 e. The largest absolute Gasteiger partial charge is 0.468 e. The molecule has 7 heteroatoms. The van der Waals surface area contributed by atoms with Crippen LogP contribution in [-0.4, -0.2) is 25.2 Å². The van der Waals surface area contributed by atoms with Gasteiger partial charge in [0.1, 0.15) is 5.92 Å². The molecule has 1 aromatic carbocycles. The summed E-state index contributed by atoms with van der Waals surface area (Å²) in [6, 6.07) is 8.83. The molecule has 1 amide bonds. The van der Waals surface area contributed by atoms with Gasteiger partial charge in [0.25, 0.3) is 0 Å². The fourth-order valence-corrected chi connectivity index (χ4v) is 3.12. The summed E-state index contributed by atoms with van der Waals surface area (Å²) in [4.78, 5) is 24.3. The number of halogens is 1. The monoisotopic (exact) mass is 336 g/mol. The summed E-state index contributed by atoms with van der Waals surface area (Å²) in [7, 11) is 1.22. The SMILES string of the molecule is COC(=O)C1C(=O)NC(SC)=C(C#N)C1c1ccc(Cl)cc1. The fraction of sp³-hybridized carbons (Fsp3) is 0.267. The van der Waals surface area contributed by atoms with Crippen molar-refractivity contribution in [3.8, 4) is 6.07 Å². The number of allylic oxidation sites excluding steroid dienone is 1. The van der Waals surface area contributed by atoms with Gasteiger partial charge in [0.15, 0.2) is 0 Å². The number of nitriles is 1. The standard InChI is InChI=1S/C15H13ClN2O3S/c1-21-15(20)12-11(8-3-5-9(16)6-4-8)10(7-17)14(22-2)18-13(12)19/h3-6,11-12H,1-2H3,(H,18,19). The Hall–Kier alpha value is -1.97. The van der Waals surface area contributed by atoms with Gasteiger partial charge in [0, 0.05) is 10.9 Å². The summed E-state index contributed by atoms with van der Waals surface area (Å²) >= 11 is 7.13. The first-order chi connectivity index (χ1) is 10.5. The van der Waals surface area contributed by atoms with E-state index in [0.717, 1.165) is 0 Å². The molecule has 1 aliphatic heterocycles. The van der Waals surface area contributed by atoms with Gasteiger partial charge in [-0.05, 0) is 24.0 Å². The van der Waals surface area contributed by atoms with E-state index in [9.17, 15) is 14.9 Å². The molecule has 0 radical (unpaired) electrons. The normalized spacial score (nSPS) is 21.1. The van der Waals surface area contributed by atoms with Crippen LogP contribution < -0.4 is 5.32 Å². The summed E-state index contributed by atoms with van der Waals surface area (Å²) in [5.74, 6) is -2.94. The van der Waals surface area contributed by atoms with Gasteiger partial charge in [0.2, 0.25) is 5.91 Å². The average molecular weight is 337 g/mol. The molecule has 0 aliphatic carbocycles. The predicted molar refractivity (Wildman–Crippen MR) is 84.0 cm³/mol. The lowest BCUT2D eigenvalue weighted by Gasteiger charge is -2.30. The second-order valence-corrected chi connectivity index (χ2v) is 5.83. The van der Waals surface area contributed by atoms with Crippen LogP contribution in [-0.2, 0) is 14.3 Å². The number of ether oxygens (including phenoxy) is 1. The molecule has 2 atom stereocenters. The molecule has 0 fully saturated rings. The molecule has 0 bridgehead atoms. The minimum Gasteiger partial charge on any atom is -0.468 e. The van der Waals surface area contributed by atoms with Gasteiger partial charge in [-0.15, -0.1) is 11.8 Å². The summed E-state index contributed by atoms with van der Waals surface area (Å²) in [5, 5.41) is 13.1. The quantitative estimate of drug-likeness (QED) is 0.677. The Morgan fingerprint density at radius 1 is 1.41 bits per heavy atom. The number of rotatable bonds is 3. The number of hydrogen-bond acceptors (Lipinski definition) is 5. The van der Waals surface area contributed by atoms with Crippen molar-refractivity contribution in [2.24, 2.45) is 5.92 Å². The van der Waals surface area contributed by atoms with Crippen molar-refractivity contribution < 1.29 is 14.3 Å². The lowest BCUT2D eigenvalue weighted by molar-refractivity contribution is -0.150. The Morgan fingerprint density at radius 3 is 2.55 bits per heavy atom. The van der Waals surface area contributed by atoms with Crippen LogP contribution in [0.4, 0.5) is 0 Å². The van der Waals surface area contributed by atoms with Gasteiger partial charge >= 0.3 is 5.97 Å². The molecule has 0 spiro atoms. The number of esters is 1. The van der Waals surface area contributed by atoms with E-state index in [0.29, 0.717) is 21.2 Å². The molecule has 1 aromatic rings. The maximum atomic E-state index is 12.3. The summed E-state index contributed by atoms with van der Waals surface area (Å²) in [6.45, 7) is 0.